The van der Waals surface area contributed by atoms with Crippen LogP contribution in [0.1, 0.15) is 23.6 Å². The molecule has 0 fully saturated rings. The molecule has 0 spiro atoms. The third-order valence-electron chi connectivity index (χ3n) is 4.55. The molecule has 0 aliphatic heterocycles. The van der Waals surface area contributed by atoms with Crippen LogP contribution in [-0.2, 0) is 11.2 Å². The number of aryl methyl sites for hydroxylation is 2. The molecule has 0 radical (unpaired) electrons. The number of nitrogens with zero attached hydrogens (tertiary/aromatic N) is 2. The number of benzene rings is 2. The number of carbonyl (C=O) groups excluding carboxylic acids is 1. The van der Waals surface area contributed by atoms with Crippen LogP contribution in [-0.4, -0.2) is 17.4 Å². The molecule has 0 aliphatic rings. The Morgan fingerprint density at radius 2 is 1.85 bits per heavy atom. The second-order valence-electron chi connectivity index (χ2n) is 6.64. The fourth-order valence-electron chi connectivity index (χ4n) is 3.08. The average Bonchev–Trinajstić information content (AvgIpc) is 2.66. The maximum Gasteiger partial charge on any atom is 0.228 e. The van der Waals surface area contributed by atoms with Gasteiger partial charge in [-0.1, -0.05) is 36.4 Å². The molecule has 0 atom stereocenters. The van der Waals surface area contributed by atoms with Crippen molar-refractivity contribution in [3.05, 3.63) is 83.6 Å². The van der Waals surface area contributed by atoms with Crippen molar-refractivity contribution in [1.29, 1.82) is 0 Å². The van der Waals surface area contributed by atoms with Gasteiger partial charge in [0.2, 0.25) is 5.91 Å². The average molecular weight is 359 g/mol. The highest BCUT2D eigenvalue weighted by Crippen LogP contribution is 2.25. The van der Waals surface area contributed by atoms with Crippen molar-refractivity contribution >= 4 is 23.1 Å². The van der Waals surface area contributed by atoms with E-state index in [0.29, 0.717) is 12.1 Å². The van der Waals surface area contributed by atoms with E-state index >= 15 is 0 Å². The van der Waals surface area contributed by atoms with Crippen molar-refractivity contribution in [3.63, 3.8) is 0 Å². The monoisotopic (exact) mass is 359 g/mol. The van der Waals surface area contributed by atoms with Crippen LogP contribution in [0.3, 0.4) is 0 Å². The quantitative estimate of drug-likeness (QED) is 0.671. The van der Waals surface area contributed by atoms with Gasteiger partial charge in [-0.2, -0.15) is 0 Å². The number of carbonyl (C=O) groups is 1. The molecule has 0 unspecified atom stereocenters. The molecule has 1 aromatic heterocycles. The van der Waals surface area contributed by atoms with Gasteiger partial charge >= 0.3 is 0 Å². The number of anilines is 3. The van der Waals surface area contributed by atoms with Gasteiger partial charge in [0.25, 0.3) is 0 Å². The van der Waals surface area contributed by atoms with E-state index in [9.17, 15) is 4.79 Å². The van der Waals surface area contributed by atoms with E-state index in [4.69, 9.17) is 0 Å². The van der Waals surface area contributed by atoms with E-state index in [1.165, 1.54) is 5.56 Å². The van der Waals surface area contributed by atoms with Crippen molar-refractivity contribution in [2.45, 2.75) is 27.2 Å². The lowest BCUT2D eigenvalue weighted by molar-refractivity contribution is -0.115. The zero-order chi connectivity index (χ0) is 19.2. The minimum Gasteiger partial charge on any atom is -0.327 e. The predicted molar refractivity (Wildman–Crippen MR) is 112 cm³/mol. The summed E-state index contributed by atoms with van der Waals surface area (Å²) < 4.78 is 0. The summed E-state index contributed by atoms with van der Waals surface area (Å²) >= 11 is 0. The normalized spacial score (nSPS) is 10.5. The van der Waals surface area contributed by atoms with E-state index in [-0.39, 0.29) is 5.91 Å². The van der Waals surface area contributed by atoms with Gasteiger partial charge in [-0.15, -0.1) is 0 Å². The predicted octanol–water partition coefficient (Wildman–Crippen LogP) is 5.04. The van der Waals surface area contributed by atoms with Gasteiger partial charge in [0.15, 0.2) is 0 Å². The zero-order valence-corrected chi connectivity index (χ0v) is 16.1. The molecule has 0 saturated carbocycles. The van der Waals surface area contributed by atoms with Crippen LogP contribution in [0.25, 0.3) is 0 Å². The number of amides is 1. The smallest absolute Gasteiger partial charge is 0.228 e. The first-order valence-corrected chi connectivity index (χ1v) is 9.21. The summed E-state index contributed by atoms with van der Waals surface area (Å²) in [5.74, 6) is 0.824. The lowest BCUT2D eigenvalue weighted by Crippen LogP contribution is -2.18. The first-order chi connectivity index (χ1) is 13.1. The molecule has 2 aromatic carbocycles. The topological polar surface area (TPSA) is 45.2 Å². The highest BCUT2D eigenvalue weighted by atomic mass is 16.1. The lowest BCUT2D eigenvalue weighted by Gasteiger charge is -2.22. The molecular formula is C23H25N3O. The molecule has 4 heteroatoms. The summed E-state index contributed by atoms with van der Waals surface area (Å²) in [6.45, 7) is 7.01. The number of nitrogens with one attached hydrogen (secondary N) is 1. The molecule has 0 saturated heterocycles. The Morgan fingerprint density at radius 1 is 1.04 bits per heavy atom. The van der Waals surface area contributed by atoms with Gasteiger partial charge in [-0.25, -0.2) is 4.98 Å². The molecule has 0 aliphatic carbocycles. The van der Waals surface area contributed by atoms with Crippen LogP contribution < -0.4 is 10.2 Å². The van der Waals surface area contributed by atoms with Gasteiger partial charge < -0.3 is 10.2 Å². The van der Waals surface area contributed by atoms with E-state index in [0.717, 1.165) is 29.2 Å². The van der Waals surface area contributed by atoms with Crippen molar-refractivity contribution in [3.8, 4) is 0 Å². The van der Waals surface area contributed by atoms with E-state index < -0.39 is 0 Å². The summed E-state index contributed by atoms with van der Waals surface area (Å²) in [6.07, 6.45) is 2.07. The van der Waals surface area contributed by atoms with Gasteiger partial charge in [-0.05, 0) is 61.7 Å². The zero-order valence-electron chi connectivity index (χ0n) is 16.1. The molecule has 1 heterocycles. The molecule has 3 aromatic rings. The number of pyridine rings is 1. The molecule has 1 amide bonds. The molecule has 4 nitrogen and oxygen atoms in total. The largest absolute Gasteiger partial charge is 0.327 e. The van der Waals surface area contributed by atoms with Crippen molar-refractivity contribution in [2.24, 2.45) is 0 Å². The maximum atomic E-state index is 12.3. The Labute approximate surface area is 160 Å². The van der Waals surface area contributed by atoms with Gasteiger partial charge in [0.05, 0.1) is 18.3 Å². The second-order valence-corrected chi connectivity index (χ2v) is 6.64. The molecule has 1 N–H and O–H groups in total. The summed E-state index contributed by atoms with van der Waals surface area (Å²) in [5.41, 5.74) is 5.19. The van der Waals surface area contributed by atoms with Crippen LogP contribution in [0, 0.1) is 13.8 Å². The number of hydrogen-bond donors (Lipinski definition) is 1. The Hall–Kier alpha value is -3.14. The first kappa shape index (κ1) is 18.6. The first-order valence-electron chi connectivity index (χ1n) is 9.21. The Morgan fingerprint density at radius 3 is 2.52 bits per heavy atom. The summed E-state index contributed by atoms with van der Waals surface area (Å²) in [4.78, 5) is 19.0. The lowest BCUT2D eigenvalue weighted by atomic mass is 10.1. The Balaban J connectivity index is 1.69. The maximum absolute atomic E-state index is 12.3. The van der Waals surface area contributed by atoms with Crippen LogP contribution >= 0.6 is 0 Å². The summed E-state index contributed by atoms with van der Waals surface area (Å²) in [6, 6.07) is 20.1. The minimum atomic E-state index is -0.0371. The van der Waals surface area contributed by atoms with Crippen molar-refractivity contribution < 1.29 is 4.79 Å². The second kappa shape index (κ2) is 8.49. The van der Waals surface area contributed by atoms with Crippen LogP contribution in [0.4, 0.5) is 17.2 Å². The van der Waals surface area contributed by atoms with Gasteiger partial charge in [0, 0.05) is 12.2 Å². The van der Waals surface area contributed by atoms with Gasteiger partial charge in [-0.3, -0.25) is 4.79 Å². The molecule has 138 valence electrons. The molecule has 3 rings (SSSR count). The highest BCUT2D eigenvalue weighted by molar-refractivity contribution is 5.92. The van der Waals surface area contributed by atoms with E-state index in [2.05, 4.69) is 47.2 Å². The van der Waals surface area contributed by atoms with E-state index in [1.807, 2.05) is 49.4 Å². The Bertz CT molecular complexity index is 919. The van der Waals surface area contributed by atoms with Crippen LogP contribution in [0.5, 0.6) is 0 Å². The van der Waals surface area contributed by atoms with Crippen LogP contribution in [0.15, 0.2) is 66.9 Å². The highest BCUT2D eigenvalue weighted by Gasteiger charge is 2.10. The van der Waals surface area contributed by atoms with Crippen molar-refractivity contribution in [1.82, 2.24) is 4.98 Å². The standard InChI is InChI=1S/C23H25N3O/c1-4-26(21-11-7-8-17(2)14-21)22-13-12-20(16-24-22)25-23(27)15-19-10-6-5-9-18(19)3/h5-14,16H,4,15H2,1-3H3,(H,25,27). The molecular weight excluding hydrogens is 334 g/mol. The van der Waals surface area contributed by atoms with E-state index in [1.54, 1.807) is 6.20 Å². The van der Waals surface area contributed by atoms with Gasteiger partial charge in [0.1, 0.15) is 5.82 Å². The number of aromatic nitrogens is 1. The summed E-state index contributed by atoms with van der Waals surface area (Å²) in [7, 11) is 0. The summed E-state index contributed by atoms with van der Waals surface area (Å²) in [5, 5.41) is 2.93. The minimum absolute atomic E-state index is 0.0371. The molecule has 27 heavy (non-hydrogen) atoms. The van der Waals surface area contributed by atoms with Crippen molar-refractivity contribution in [2.75, 3.05) is 16.8 Å². The third kappa shape index (κ3) is 4.73. The Kier molecular flexibility index (Phi) is 5.87. The molecule has 0 bridgehead atoms. The third-order valence-corrected chi connectivity index (χ3v) is 4.55. The SMILES string of the molecule is CCN(c1cccc(C)c1)c1ccc(NC(=O)Cc2ccccc2C)cn1. The number of rotatable bonds is 6. The van der Waals surface area contributed by atoms with Crippen LogP contribution in [0.2, 0.25) is 0 Å². The fourth-order valence-corrected chi connectivity index (χ4v) is 3.08. The fraction of sp³-hybridized carbons (Fsp3) is 0.217. The number of hydrogen-bond acceptors (Lipinski definition) is 3.